The van der Waals surface area contributed by atoms with E-state index in [2.05, 4.69) is 28.5 Å². The van der Waals surface area contributed by atoms with Crippen molar-refractivity contribution in [1.82, 2.24) is 4.90 Å². The van der Waals surface area contributed by atoms with Gasteiger partial charge in [0.2, 0.25) is 0 Å². The van der Waals surface area contributed by atoms with Gasteiger partial charge < -0.3 is 14.6 Å². The molecule has 1 atom stereocenters. The molecule has 132 valence electrons. The number of rotatable bonds is 10. The number of para-hydroxylation sites is 1. The summed E-state index contributed by atoms with van der Waals surface area (Å²) in [5, 5.41) is 12.4. The van der Waals surface area contributed by atoms with Crippen LogP contribution in [0.25, 0.3) is 0 Å². The van der Waals surface area contributed by atoms with Crippen molar-refractivity contribution in [3.8, 4) is 5.75 Å². The number of aliphatic hydroxyl groups is 1. The van der Waals surface area contributed by atoms with Gasteiger partial charge in [0.1, 0.15) is 5.75 Å². The van der Waals surface area contributed by atoms with Crippen LogP contribution in [0.5, 0.6) is 5.75 Å². The summed E-state index contributed by atoms with van der Waals surface area (Å²) in [6, 6.07) is 12.2. The quantitative estimate of drug-likeness (QED) is 0.712. The van der Waals surface area contributed by atoms with E-state index in [1.807, 2.05) is 32.0 Å². The van der Waals surface area contributed by atoms with Crippen molar-refractivity contribution < 1.29 is 14.6 Å². The van der Waals surface area contributed by atoms with Crippen molar-refractivity contribution in [3.05, 3.63) is 52.2 Å². The van der Waals surface area contributed by atoms with Crippen LogP contribution < -0.4 is 4.74 Å². The first-order chi connectivity index (χ1) is 11.6. The van der Waals surface area contributed by atoms with E-state index in [1.165, 1.54) is 4.88 Å². The molecule has 1 heterocycles. The number of hydrogen-bond acceptors (Lipinski definition) is 5. The highest BCUT2D eigenvalue weighted by Crippen LogP contribution is 2.21. The molecule has 5 heteroatoms. The first-order valence-corrected chi connectivity index (χ1v) is 9.12. The average molecular weight is 349 g/mol. The molecule has 0 fully saturated rings. The largest absolute Gasteiger partial charge is 0.496 e. The van der Waals surface area contributed by atoms with E-state index in [4.69, 9.17) is 9.47 Å². The van der Waals surface area contributed by atoms with Gasteiger partial charge in [0.15, 0.2) is 0 Å². The molecule has 2 rings (SSSR count). The Hall–Kier alpha value is -1.40. The fourth-order valence-electron chi connectivity index (χ4n) is 2.54. The average Bonchev–Trinajstić information content (AvgIpc) is 3.06. The van der Waals surface area contributed by atoms with Crippen LogP contribution in [0.4, 0.5) is 0 Å². The van der Waals surface area contributed by atoms with Gasteiger partial charge in [-0.05, 0) is 31.4 Å². The number of methoxy groups -OCH3 is 1. The second-order valence-corrected chi connectivity index (χ2v) is 7.13. The lowest BCUT2D eigenvalue weighted by molar-refractivity contribution is -0.0106. The van der Waals surface area contributed by atoms with Crippen LogP contribution in [0.2, 0.25) is 0 Å². The minimum absolute atomic E-state index is 0.125. The molecule has 0 aliphatic rings. The van der Waals surface area contributed by atoms with Gasteiger partial charge in [-0.1, -0.05) is 24.3 Å². The molecule has 1 N–H and O–H groups in total. The summed E-state index contributed by atoms with van der Waals surface area (Å²) >= 11 is 1.73. The Morgan fingerprint density at radius 1 is 1.12 bits per heavy atom. The van der Waals surface area contributed by atoms with Gasteiger partial charge >= 0.3 is 0 Å². The zero-order valence-electron chi connectivity index (χ0n) is 14.6. The van der Waals surface area contributed by atoms with Gasteiger partial charge in [-0.3, -0.25) is 4.90 Å². The molecule has 0 radical (unpaired) electrons. The van der Waals surface area contributed by atoms with Crippen molar-refractivity contribution in [1.29, 1.82) is 0 Å². The van der Waals surface area contributed by atoms with Gasteiger partial charge in [0.25, 0.3) is 0 Å². The molecular formula is C19H27NO3S. The molecule has 1 aromatic carbocycles. The molecule has 2 aromatic rings. The van der Waals surface area contributed by atoms with Gasteiger partial charge in [-0.25, -0.2) is 0 Å². The number of benzene rings is 1. The predicted molar refractivity (Wildman–Crippen MR) is 98.5 cm³/mol. The van der Waals surface area contributed by atoms with Gasteiger partial charge in [0.05, 0.1) is 25.9 Å². The third-order valence-corrected chi connectivity index (χ3v) is 4.50. The van der Waals surface area contributed by atoms with Gasteiger partial charge in [-0.15, -0.1) is 11.3 Å². The van der Waals surface area contributed by atoms with Crippen LogP contribution in [-0.2, 0) is 17.8 Å². The Balaban J connectivity index is 2.04. The zero-order chi connectivity index (χ0) is 17.4. The van der Waals surface area contributed by atoms with Crippen LogP contribution in [-0.4, -0.2) is 42.5 Å². The fourth-order valence-corrected chi connectivity index (χ4v) is 3.28. The maximum atomic E-state index is 10.3. The smallest absolute Gasteiger partial charge is 0.123 e. The Bertz CT molecular complexity index is 586. The standard InChI is InChI=1S/C19H27NO3S/c1-15(2)23-14-17(21)12-20(13-18-8-6-10-24-18)11-16-7-4-5-9-19(16)22-3/h4-10,15,17,21H,11-14H2,1-3H3. The third kappa shape index (κ3) is 6.24. The van der Waals surface area contributed by atoms with Gasteiger partial charge in [0, 0.05) is 30.1 Å². The van der Waals surface area contributed by atoms with E-state index in [9.17, 15) is 5.11 Å². The second-order valence-electron chi connectivity index (χ2n) is 6.10. The maximum Gasteiger partial charge on any atom is 0.123 e. The minimum Gasteiger partial charge on any atom is -0.496 e. The van der Waals surface area contributed by atoms with Crippen molar-refractivity contribution in [2.24, 2.45) is 0 Å². The zero-order valence-corrected chi connectivity index (χ0v) is 15.5. The first-order valence-electron chi connectivity index (χ1n) is 8.24. The molecule has 0 spiro atoms. The molecule has 1 unspecified atom stereocenters. The number of ether oxygens (including phenoxy) is 2. The number of thiophene rings is 1. The van der Waals surface area contributed by atoms with E-state index in [0.29, 0.717) is 13.2 Å². The molecule has 0 bridgehead atoms. The predicted octanol–water partition coefficient (Wildman–Crippen LogP) is 3.54. The summed E-state index contributed by atoms with van der Waals surface area (Å²) in [7, 11) is 1.69. The summed E-state index contributed by atoms with van der Waals surface area (Å²) in [6.07, 6.45) is -0.387. The molecule has 24 heavy (non-hydrogen) atoms. The lowest BCUT2D eigenvalue weighted by Crippen LogP contribution is -2.34. The summed E-state index contributed by atoms with van der Waals surface area (Å²) in [6.45, 7) is 6.39. The minimum atomic E-state index is -0.512. The van der Waals surface area contributed by atoms with Crippen LogP contribution in [0.1, 0.15) is 24.3 Å². The molecule has 0 saturated carbocycles. The molecular weight excluding hydrogens is 322 g/mol. The van der Waals surface area contributed by atoms with Gasteiger partial charge in [-0.2, -0.15) is 0 Å². The van der Waals surface area contributed by atoms with Crippen molar-refractivity contribution in [2.45, 2.75) is 39.1 Å². The van der Waals surface area contributed by atoms with E-state index < -0.39 is 6.10 Å². The summed E-state index contributed by atoms with van der Waals surface area (Å²) < 4.78 is 11.0. The van der Waals surface area contributed by atoms with E-state index >= 15 is 0 Å². The van der Waals surface area contributed by atoms with Crippen LogP contribution in [0.3, 0.4) is 0 Å². The monoisotopic (exact) mass is 349 g/mol. The highest BCUT2D eigenvalue weighted by Gasteiger charge is 2.16. The van der Waals surface area contributed by atoms with Crippen LogP contribution in [0.15, 0.2) is 41.8 Å². The third-order valence-electron chi connectivity index (χ3n) is 3.64. The van der Waals surface area contributed by atoms with E-state index in [-0.39, 0.29) is 6.10 Å². The summed E-state index contributed by atoms with van der Waals surface area (Å²) in [4.78, 5) is 3.51. The fraction of sp³-hybridized carbons (Fsp3) is 0.474. The lowest BCUT2D eigenvalue weighted by atomic mass is 10.1. The van der Waals surface area contributed by atoms with Crippen molar-refractivity contribution >= 4 is 11.3 Å². The molecule has 4 nitrogen and oxygen atoms in total. The highest BCUT2D eigenvalue weighted by molar-refractivity contribution is 7.09. The first kappa shape index (κ1) is 18.9. The van der Waals surface area contributed by atoms with E-state index in [0.717, 1.165) is 24.4 Å². The lowest BCUT2D eigenvalue weighted by Gasteiger charge is -2.26. The Kier molecular flexibility index (Phi) is 7.72. The highest BCUT2D eigenvalue weighted by atomic mass is 32.1. The van der Waals surface area contributed by atoms with E-state index in [1.54, 1.807) is 18.4 Å². The summed E-state index contributed by atoms with van der Waals surface area (Å²) in [5.41, 5.74) is 1.12. The molecule has 0 aliphatic carbocycles. The Labute approximate surface area is 148 Å². The van der Waals surface area contributed by atoms with Crippen LogP contribution >= 0.6 is 11.3 Å². The maximum absolute atomic E-state index is 10.3. The topological polar surface area (TPSA) is 41.9 Å². The normalized spacial score (nSPS) is 12.8. The summed E-state index contributed by atoms with van der Waals surface area (Å²) in [5.74, 6) is 0.876. The Morgan fingerprint density at radius 3 is 2.58 bits per heavy atom. The van der Waals surface area contributed by atoms with Crippen molar-refractivity contribution in [2.75, 3.05) is 20.3 Å². The molecule has 0 amide bonds. The molecule has 1 aromatic heterocycles. The molecule has 0 saturated heterocycles. The van der Waals surface area contributed by atoms with Crippen molar-refractivity contribution in [3.63, 3.8) is 0 Å². The Morgan fingerprint density at radius 2 is 1.92 bits per heavy atom. The second kappa shape index (κ2) is 9.79. The van der Waals surface area contributed by atoms with Crippen LogP contribution in [0, 0.1) is 0 Å². The number of hydrogen-bond donors (Lipinski definition) is 1. The molecule has 0 aliphatic heterocycles. The SMILES string of the molecule is COc1ccccc1CN(Cc1cccs1)CC(O)COC(C)C. The number of nitrogens with zero attached hydrogens (tertiary/aromatic N) is 1. The number of aliphatic hydroxyl groups excluding tert-OH is 1.